The fourth-order valence-corrected chi connectivity index (χ4v) is 3.09. The maximum Gasteiger partial charge on any atom is 0.271 e. The average Bonchev–Trinajstić information content (AvgIpc) is 2.54. The molecule has 0 heterocycles. The maximum atomic E-state index is 11.9. The number of carbonyl (C=O) groups excluding carboxylic acids is 1. The van der Waals surface area contributed by atoms with Gasteiger partial charge in [0.15, 0.2) is 5.11 Å². The van der Waals surface area contributed by atoms with Gasteiger partial charge >= 0.3 is 0 Å². The van der Waals surface area contributed by atoms with Crippen molar-refractivity contribution in [2.45, 2.75) is 44.9 Å². The van der Waals surface area contributed by atoms with Crippen molar-refractivity contribution in [2.75, 3.05) is 5.32 Å². The molecule has 0 radical (unpaired) electrons. The first kappa shape index (κ1) is 17.3. The van der Waals surface area contributed by atoms with E-state index in [1.807, 2.05) is 0 Å². The number of nitrogens with zero attached hydrogens (tertiary/aromatic N) is 1. The molecule has 1 amide bonds. The third-order valence-corrected chi connectivity index (χ3v) is 4.28. The topological polar surface area (TPSA) is 84.3 Å². The predicted octanol–water partition coefficient (Wildman–Crippen LogP) is 3.77. The van der Waals surface area contributed by atoms with Crippen molar-refractivity contribution in [2.24, 2.45) is 5.92 Å². The van der Waals surface area contributed by atoms with E-state index in [4.69, 9.17) is 12.2 Å². The van der Waals surface area contributed by atoms with Crippen molar-refractivity contribution in [3.63, 3.8) is 0 Å². The summed E-state index contributed by atoms with van der Waals surface area (Å²) in [5.41, 5.74) is 0.457. The molecule has 124 valence electrons. The van der Waals surface area contributed by atoms with Crippen LogP contribution in [0, 0.1) is 16.0 Å². The Balaban J connectivity index is 1.76. The summed E-state index contributed by atoms with van der Waals surface area (Å²) in [7, 11) is 0. The van der Waals surface area contributed by atoms with Gasteiger partial charge in [-0.3, -0.25) is 14.9 Å². The summed E-state index contributed by atoms with van der Waals surface area (Å²) >= 11 is 5.08. The number of carbonyl (C=O) groups is 1. The van der Waals surface area contributed by atoms with Gasteiger partial charge in [-0.1, -0.05) is 38.2 Å². The number of benzene rings is 1. The smallest absolute Gasteiger partial charge is 0.271 e. The first-order valence-corrected chi connectivity index (χ1v) is 8.30. The minimum Gasteiger partial charge on any atom is -0.332 e. The highest BCUT2D eigenvalue weighted by molar-refractivity contribution is 7.80. The molecule has 1 saturated carbocycles. The number of hydrogen-bond donors (Lipinski definition) is 2. The molecule has 1 fully saturated rings. The van der Waals surface area contributed by atoms with Gasteiger partial charge in [-0.25, -0.2) is 0 Å². The van der Waals surface area contributed by atoms with E-state index in [1.165, 1.54) is 44.2 Å². The first-order valence-electron chi connectivity index (χ1n) is 7.90. The lowest BCUT2D eigenvalue weighted by atomic mass is 9.86. The second-order valence-corrected chi connectivity index (χ2v) is 6.26. The number of nitro benzene ring substituents is 1. The van der Waals surface area contributed by atoms with Gasteiger partial charge in [-0.05, 0) is 30.6 Å². The summed E-state index contributed by atoms with van der Waals surface area (Å²) in [4.78, 5) is 22.2. The molecular weight excluding hydrogens is 314 g/mol. The highest BCUT2D eigenvalue weighted by Gasteiger charge is 2.15. The summed E-state index contributed by atoms with van der Waals surface area (Å²) in [6.45, 7) is 0. The molecule has 1 aliphatic rings. The minimum absolute atomic E-state index is 0.0265. The van der Waals surface area contributed by atoms with Gasteiger partial charge < -0.3 is 10.6 Å². The second-order valence-electron chi connectivity index (χ2n) is 5.85. The van der Waals surface area contributed by atoms with Crippen molar-refractivity contribution < 1.29 is 9.72 Å². The van der Waals surface area contributed by atoms with Crippen molar-refractivity contribution in [1.29, 1.82) is 0 Å². The van der Waals surface area contributed by atoms with Crippen LogP contribution in [0.3, 0.4) is 0 Å². The van der Waals surface area contributed by atoms with Crippen molar-refractivity contribution >= 4 is 34.6 Å². The minimum atomic E-state index is -0.475. The Kier molecular flexibility index (Phi) is 6.46. The molecule has 23 heavy (non-hydrogen) atoms. The molecule has 1 aliphatic carbocycles. The number of nitro groups is 1. The van der Waals surface area contributed by atoms with Gasteiger partial charge in [0.1, 0.15) is 0 Å². The number of anilines is 1. The molecule has 2 N–H and O–H groups in total. The Labute approximate surface area is 140 Å². The zero-order chi connectivity index (χ0) is 16.7. The van der Waals surface area contributed by atoms with Crippen LogP contribution in [0.25, 0.3) is 0 Å². The number of amides is 1. The Hall–Kier alpha value is -2.02. The number of hydrogen-bond acceptors (Lipinski definition) is 4. The molecule has 0 atom stereocenters. The van der Waals surface area contributed by atoms with Crippen LogP contribution in [0.5, 0.6) is 0 Å². The lowest BCUT2D eigenvalue weighted by molar-refractivity contribution is -0.384. The summed E-state index contributed by atoms with van der Waals surface area (Å²) in [5.74, 6) is 0.534. The van der Waals surface area contributed by atoms with Crippen molar-refractivity contribution in [3.8, 4) is 0 Å². The van der Waals surface area contributed by atoms with Gasteiger partial charge in [-0.2, -0.15) is 0 Å². The van der Waals surface area contributed by atoms with Crippen LogP contribution >= 0.6 is 12.2 Å². The number of non-ortho nitro benzene ring substituents is 1. The molecular formula is C16H21N3O3S. The third-order valence-electron chi connectivity index (χ3n) is 4.07. The van der Waals surface area contributed by atoms with Crippen LogP contribution < -0.4 is 10.6 Å². The van der Waals surface area contributed by atoms with E-state index in [1.54, 1.807) is 12.1 Å². The molecule has 0 unspecified atom stereocenters. The Bertz CT molecular complexity index is 586. The normalized spacial score (nSPS) is 15.0. The lowest BCUT2D eigenvalue weighted by Gasteiger charge is -2.21. The van der Waals surface area contributed by atoms with E-state index in [0.717, 1.165) is 6.42 Å². The first-order chi connectivity index (χ1) is 11.0. The Morgan fingerprint density at radius 2 is 2.04 bits per heavy atom. The van der Waals surface area contributed by atoms with Crippen LogP contribution in [0.1, 0.15) is 44.9 Å². The molecule has 2 rings (SSSR count). The summed E-state index contributed by atoms with van der Waals surface area (Å²) in [5, 5.41) is 16.3. The summed E-state index contributed by atoms with van der Waals surface area (Å²) < 4.78 is 0. The fourth-order valence-electron chi connectivity index (χ4n) is 2.86. The van der Waals surface area contributed by atoms with Gasteiger partial charge in [-0.15, -0.1) is 0 Å². The van der Waals surface area contributed by atoms with Crippen LogP contribution in [0.2, 0.25) is 0 Å². The predicted molar refractivity (Wildman–Crippen MR) is 93.3 cm³/mol. The molecule has 6 nitrogen and oxygen atoms in total. The van der Waals surface area contributed by atoms with Crippen LogP contribution in [0.4, 0.5) is 11.4 Å². The molecule has 0 aromatic heterocycles. The monoisotopic (exact) mass is 335 g/mol. The molecule has 1 aromatic rings. The Morgan fingerprint density at radius 1 is 1.30 bits per heavy atom. The summed E-state index contributed by atoms with van der Waals surface area (Å²) in [6, 6.07) is 6.00. The zero-order valence-electron chi connectivity index (χ0n) is 12.9. The molecule has 7 heteroatoms. The number of rotatable bonds is 5. The third kappa shape index (κ3) is 5.94. The van der Waals surface area contributed by atoms with Crippen LogP contribution in [-0.2, 0) is 4.79 Å². The van der Waals surface area contributed by atoms with Gasteiger partial charge in [0.05, 0.1) is 4.92 Å². The van der Waals surface area contributed by atoms with Crippen molar-refractivity contribution in [3.05, 3.63) is 34.4 Å². The molecule has 0 spiro atoms. The van der Waals surface area contributed by atoms with Crippen molar-refractivity contribution in [1.82, 2.24) is 5.32 Å². The largest absolute Gasteiger partial charge is 0.332 e. The standard InChI is InChI=1S/C16H21N3O3S/c20-15(10-9-12-5-2-1-3-6-12)18-16(23)17-13-7-4-8-14(11-13)19(21)22/h4,7-8,11-12H,1-3,5-6,9-10H2,(H2,17,18,20,23). The highest BCUT2D eigenvalue weighted by Crippen LogP contribution is 2.27. The summed E-state index contributed by atoms with van der Waals surface area (Å²) in [6.07, 6.45) is 7.61. The molecule has 0 bridgehead atoms. The fraction of sp³-hybridized carbons (Fsp3) is 0.500. The van der Waals surface area contributed by atoms with E-state index in [2.05, 4.69) is 10.6 Å². The van der Waals surface area contributed by atoms with E-state index >= 15 is 0 Å². The maximum absolute atomic E-state index is 11.9. The molecule has 0 saturated heterocycles. The average molecular weight is 335 g/mol. The van der Waals surface area contributed by atoms with Crippen LogP contribution in [0.15, 0.2) is 24.3 Å². The number of thiocarbonyl (C=S) groups is 1. The highest BCUT2D eigenvalue weighted by atomic mass is 32.1. The van der Waals surface area contributed by atoms with Gasteiger partial charge in [0, 0.05) is 24.2 Å². The van der Waals surface area contributed by atoms with E-state index in [-0.39, 0.29) is 16.7 Å². The second kappa shape index (κ2) is 8.57. The Morgan fingerprint density at radius 3 is 2.74 bits per heavy atom. The SMILES string of the molecule is O=C(CCC1CCCCC1)NC(=S)Nc1cccc([N+](=O)[O-])c1. The lowest BCUT2D eigenvalue weighted by Crippen LogP contribution is -2.34. The number of nitrogens with one attached hydrogen (secondary N) is 2. The van der Waals surface area contributed by atoms with E-state index < -0.39 is 4.92 Å². The molecule has 1 aromatic carbocycles. The van der Waals surface area contributed by atoms with E-state index in [0.29, 0.717) is 18.0 Å². The van der Waals surface area contributed by atoms with Crippen LogP contribution in [-0.4, -0.2) is 15.9 Å². The van der Waals surface area contributed by atoms with Gasteiger partial charge in [0.2, 0.25) is 5.91 Å². The van der Waals surface area contributed by atoms with E-state index in [9.17, 15) is 14.9 Å². The van der Waals surface area contributed by atoms with Gasteiger partial charge in [0.25, 0.3) is 5.69 Å². The quantitative estimate of drug-likeness (QED) is 0.486. The molecule has 0 aliphatic heterocycles. The zero-order valence-corrected chi connectivity index (χ0v) is 13.7.